The van der Waals surface area contributed by atoms with E-state index in [1.165, 1.54) is 6.07 Å². The van der Waals surface area contributed by atoms with Crippen LogP contribution in [0.3, 0.4) is 0 Å². The minimum atomic E-state index is -0.385. The molecule has 0 aliphatic heterocycles. The molecule has 0 spiro atoms. The van der Waals surface area contributed by atoms with Crippen LogP contribution in [-0.2, 0) is 0 Å². The summed E-state index contributed by atoms with van der Waals surface area (Å²) in [6.07, 6.45) is 0. The average Bonchev–Trinajstić information content (AvgIpc) is 2.32. The fraction of sp³-hybridized carbons (Fsp3) is 0. The summed E-state index contributed by atoms with van der Waals surface area (Å²) in [6, 6.07) is 10.5. The van der Waals surface area contributed by atoms with Crippen LogP contribution in [0.4, 0.5) is 5.69 Å². The summed E-state index contributed by atoms with van der Waals surface area (Å²) >= 11 is 13.8. The van der Waals surface area contributed by atoms with E-state index >= 15 is 0 Å². The van der Waals surface area contributed by atoms with E-state index in [2.05, 4.69) is 32.9 Å². The number of anilines is 1. The Bertz CT molecular complexity index is 604. The van der Waals surface area contributed by atoms with Gasteiger partial charge in [-0.25, -0.2) is 4.98 Å². The van der Waals surface area contributed by atoms with Gasteiger partial charge in [-0.05, 0) is 52.9 Å². The topological polar surface area (TPSA) is 42.0 Å². The van der Waals surface area contributed by atoms with Gasteiger partial charge in [-0.2, -0.15) is 0 Å². The molecule has 0 aliphatic carbocycles. The molecule has 0 saturated heterocycles. The monoisotopic (exact) mass is 392 g/mol. The molecule has 0 radical (unpaired) electrons. The number of nitrogens with one attached hydrogen (secondary N) is 1. The number of halogens is 3. The number of carbonyl (C=O) groups is 1. The lowest BCUT2D eigenvalue weighted by molar-refractivity contribution is 0.102. The van der Waals surface area contributed by atoms with Crippen LogP contribution in [0.5, 0.6) is 0 Å². The number of benzene rings is 1. The quantitative estimate of drug-likeness (QED) is 0.613. The fourth-order valence-corrected chi connectivity index (χ4v) is 2.22. The molecule has 1 N–H and O–H groups in total. The van der Waals surface area contributed by atoms with Crippen LogP contribution in [-0.4, -0.2) is 10.9 Å². The van der Waals surface area contributed by atoms with Crippen molar-refractivity contribution in [3.05, 3.63) is 55.8 Å². The Hall–Kier alpha value is -0.850. The minimum absolute atomic E-state index is 0.114. The first-order valence-electron chi connectivity index (χ1n) is 4.95. The molecular formula is C12H7Cl2IN2O. The van der Waals surface area contributed by atoms with Crippen molar-refractivity contribution in [2.24, 2.45) is 0 Å². The third kappa shape index (κ3) is 3.34. The molecule has 1 heterocycles. The Morgan fingerprint density at radius 1 is 1.22 bits per heavy atom. The summed E-state index contributed by atoms with van der Waals surface area (Å²) in [7, 11) is 0. The molecular weight excluding hydrogens is 386 g/mol. The van der Waals surface area contributed by atoms with Gasteiger partial charge in [-0.1, -0.05) is 29.3 Å². The highest BCUT2D eigenvalue weighted by molar-refractivity contribution is 14.1. The summed E-state index contributed by atoms with van der Waals surface area (Å²) < 4.78 is 1.02. The maximum atomic E-state index is 12.0. The third-order valence-electron chi connectivity index (χ3n) is 2.11. The summed E-state index contributed by atoms with van der Waals surface area (Å²) in [5, 5.41) is 3.21. The molecule has 0 unspecified atom stereocenters. The Morgan fingerprint density at radius 2 is 2.00 bits per heavy atom. The lowest BCUT2D eigenvalue weighted by Crippen LogP contribution is -2.14. The number of pyridine rings is 1. The van der Waals surface area contributed by atoms with Crippen LogP contribution in [0.2, 0.25) is 10.2 Å². The average molecular weight is 393 g/mol. The normalized spacial score (nSPS) is 10.2. The van der Waals surface area contributed by atoms with Crippen molar-refractivity contribution >= 4 is 57.4 Å². The van der Waals surface area contributed by atoms with E-state index in [1.807, 2.05) is 18.2 Å². The summed E-state index contributed by atoms with van der Waals surface area (Å²) in [5.74, 6) is -0.385. The first-order valence-corrected chi connectivity index (χ1v) is 6.79. The highest BCUT2D eigenvalue weighted by atomic mass is 127. The number of amides is 1. The maximum absolute atomic E-state index is 12.0. The van der Waals surface area contributed by atoms with Crippen LogP contribution in [0.15, 0.2) is 36.4 Å². The van der Waals surface area contributed by atoms with Gasteiger partial charge in [0, 0.05) is 9.26 Å². The molecule has 1 amide bonds. The third-order valence-corrected chi connectivity index (χ3v) is 3.30. The van der Waals surface area contributed by atoms with Crippen LogP contribution < -0.4 is 5.32 Å². The molecule has 6 heteroatoms. The zero-order valence-electron chi connectivity index (χ0n) is 8.95. The molecule has 18 heavy (non-hydrogen) atoms. The van der Waals surface area contributed by atoms with Gasteiger partial charge in [0.2, 0.25) is 0 Å². The fourth-order valence-electron chi connectivity index (χ4n) is 1.33. The number of hydrogen-bond donors (Lipinski definition) is 1. The second-order valence-corrected chi connectivity index (χ2v) is 5.47. The van der Waals surface area contributed by atoms with Crippen molar-refractivity contribution in [3.63, 3.8) is 0 Å². The van der Waals surface area contributed by atoms with Gasteiger partial charge in [0.15, 0.2) is 0 Å². The van der Waals surface area contributed by atoms with E-state index in [0.717, 1.165) is 3.57 Å². The van der Waals surface area contributed by atoms with Crippen molar-refractivity contribution < 1.29 is 4.79 Å². The number of rotatable bonds is 2. The van der Waals surface area contributed by atoms with Gasteiger partial charge in [-0.15, -0.1) is 0 Å². The van der Waals surface area contributed by atoms with E-state index in [0.29, 0.717) is 5.69 Å². The SMILES string of the molecule is O=C(Nc1cccc(I)c1)c1nc(Cl)ccc1Cl. The van der Waals surface area contributed by atoms with Crippen molar-refractivity contribution in [2.45, 2.75) is 0 Å². The first-order chi connectivity index (χ1) is 8.56. The van der Waals surface area contributed by atoms with Crippen molar-refractivity contribution in [2.75, 3.05) is 5.32 Å². The molecule has 0 atom stereocenters. The summed E-state index contributed by atoms with van der Waals surface area (Å²) in [5.41, 5.74) is 0.799. The summed E-state index contributed by atoms with van der Waals surface area (Å²) in [6.45, 7) is 0. The highest BCUT2D eigenvalue weighted by Crippen LogP contribution is 2.19. The molecule has 1 aromatic heterocycles. The van der Waals surface area contributed by atoms with Crippen molar-refractivity contribution in [3.8, 4) is 0 Å². The highest BCUT2D eigenvalue weighted by Gasteiger charge is 2.13. The first kappa shape index (κ1) is 13.6. The molecule has 0 bridgehead atoms. The number of aromatic nitrogens is 1. The number of nitrogens with zero attached hydrogens (tertiary/aromatic N) is 1. The maximum Gasteiger partial charge on any atom is 0.275 e. The van der Waals surface area contributed by atoms with Crippen LogP contribution in [0, 0.1) is 3.57 Å². The largest absolute Gasteiger partial charge is 0.321 e. The van der Waals surface area contributed by atoms with Crippen LogP contribution >= 0.6 is 45.8 Å². The van der Waals surface area contributed by atoms with E-state index in [4.69, 9.17) is 23.2 Å². The van der Waals surface area contributed by atoms with E-state index in [1.54, 1.807) is 12.1 Å². The van der Waals surface area contributed by atoms with E-state index in [9.17, 15) is 4.79 Å². The van der Waals surface area contributed by atoms with E-state index in [-0.39, 0.29) is 21.8 Å². The van der Waals surface area contributed by atoms with Crippen LogP contribution in [0.25, 0.3) is 0 Å². The number of hydrogen-bond acceptors (Lipinski definition) is 2. The molecule has 2 aromatic rings. The van der Waals surface area contributed by atoms with Crippen molar-refractivity contribution in [1.29, 1.82) is 0 Å². The van der Waals surface area contributed by atoms with Crippen LogP contribution in [0.1, 0.15) is 10.5 Å². The summed E-state index contributed by atoms with van der Waals surface area (Å²) in [4.78, 5) is 15.9. The number of carbonyl (C=O) groups excluding carboxylic acids is 1. The molecule has 0 saturated carbocycles. The second-order valence-electron chi connectivity index (χ2n) is 3.43. The van der Waals surface area contributed by atoms with Gasteiger partial charge in [-0.3, -0.25) is 4.79 Å². The molecule has 0 aliphatic rings. The Kier molecular flexibility index (Phi) is 4.42. The van der Waals surface area contributed by atoms with Gasteiger partial charge < -0.3 is 5.32 Å². The van der Waals surface area contributed by atoms with Gasteiger partial charge >= 0.3 is 0 Å². The minimum Gasteiger partial charge on any atom is -0.321 e. The Labute approximate surface area is 128 Å². The zero-order chi connectivity index (χ0) is 13.1. The molecule has 1 aromatic carbocycles. The van der Waals surface area contributed by atoms with Gasteiger partial charge in [0.1, 0.15) is 10.8 Å². The van der Waals surface area contributed by atoms with Gasteiger partial charge in [0.05, 0.1) is 5.02 Å². The standard InChI is InChI=1S/C12H7Cl2IN2O/c13-9-4-5-10(14)17-11(9)12(18)16-8-3-1-2-7(15)6-8/h1-6H,(H,16,18). The van der Waals surface area contributed by atoms with E-state index < -0.39 is 0 Å². The molecule has 3 nitrogen and oxygen atoms in total. The molecule has 2 rings (SSSR count). The lowest BCUT2D eigenvalue weighted by atomic mass is 10.3. The molecule has 0 fully saturated rings. The predicted molar refractivity (Wildman–Crippen MR) is 81.4 cm³/mol. The lowest BCUT2D eigenvalue weighted by Gasteiger charge is -2.06. The molecule has 92 valence electrons. The van der Waals surface area contributed by atoms with Gasteiger partial charge in [0.25, 0.3) is 5.91 Å². The second kappa shape index (κ2) is 5.86. The Morgan fingerprint density at radius 3 is 2.72 bits per heavy atom. The van der Waals surface area contributed by atoms with Crippen molar-refractivity contribution in [1.82, 2.24) is 4.98 Å². The smallest absolute Gasteiger partial charge is 0.275 e. The Balaban J connectivity index is 2.24. The predicted octanol–water partition coefficient (Wildman–Crippen LogP) is 4.25. The zero-order valence-corrected chi connectivity index (χ0v) is 12.6.